The molecule has 0 saturated carbocycles. The van der Waals surface area contributed by atoms with Crippen molar-refractivity contribution in [3.8, 4) is 0 Å². The molecule has 1 fully saturated rings. The Labute approximate surface area is 87.8 Å². The number of ether oxygens (including phenoxy) is 1. The Balaban J connectivity index is 2.18. The highest BCUT2D eigenvalue weighted by molar-refractivity contribution is 4.86. The molecule has 3 heteroatoms. The number of hydrogen-bond acceptors (Lipinski definition) is 3. The zero-order valence-electron chi connectivity index (χ0n) is 9.97. The lowest BCUT2D eigenvalue weighted by Gasteiger charge is -2.36. The fourth-order valence-electron chi connectivity index (χ4n) is 1.86. The average Bonchev–Trinajstić information content (AvgIpc) is 2.01. The summed E-state index contributed by atoms with van der Waals surface area (Å²) in [6.07, 6.45) is 2.73. The fraction of sp³-hybridized carbons (Fsp3) is 1.00. The second kappa shape index (κ2) is 5.10. The largest absolute Gasteiger partial charge is 0.377 e. The van der Waals surface area contributed by atoms with Crippen molar-refractivity contribution in [2.24, 2.45) is 0 Å². The first-order chi connectivity index (χ1) is 6.49. The third-order valence-electron chi connectivity index (χ3n) is 2.70. The van der Waals surface area contributed by atoms with E-state index < -0.39 is 0 Å². The Hall–Kier alpha value is -0.120. The minimum atomic E-state index is 0.251. The van der Waals surface area contributed by atoms with E-state index in [1.54, 1.807) is 0 Å². The van der Waals surface area contributed by atoms with E-state index in [1.807, 2.05) is 0 Å². The van der Waals surface area contributed by atoms with Gasteiger partial charge in [0.25, 0.3) is 0 Å². The molecule has 14 heavy (non-hydrogen) atoms. The highest BCUT2D eigenvalue weighted by Crippen LogP contribution is 2.20. The summed E-state index contributed by atoms with van der Waals surface area (Å²) in [7, 11) is 4.16. The first kappa shape index (κ1) is 12.0. The van der Waals surface area contributed by atoms with Gasteiger partial charge in [0.1, 0.15) is 0 Å². The highest BCUT2D eigenvalue weighted by Gasteiger charge is 2.27. The lowest BCUT2D eigenvalue weighted by molar-refractivity contribution is 0.00330. The van der Waals surface area contributed by atoms with E-state index in [1.165, 1.54) is 0 Å². The standard InChI is InChI=1S/C11H24N2O/c1-11(2)9-10(5-6-12-11)14-8-7-13(3)4/h10,12H,5-9H2,1-4H3. The van der Waals surface area contributed by atoms with Crippen LogP contribution in [0, 0.1) is 0 Å². The molecular weight excluding hydrogens is 176 g/mol. The van der Waals surface area contributed by atoms with Crippen molar-refractivity contribution in [3.63, 3.8) is 0 Å². The number of hydrogen-bond donors (Lipinski definition) is 1. The zero-order valence-corrected chi connectivity index (χ0v) is 9.97. The summed E-state index contributed by atoms with van der Waals surface area (Å²) in [6, 6.07) is 0. The zero-order chi connectivity index (χ0) is 10.6. The van der Waals surface area contributed by atoms with E-state index in [0.717, 1.165) is 32.5 Å². The van der Waals surface area contributed by atoms with E-state index in [4.69, 9.17) is 4.74 Å². The van der Waals surface area contributed by atoms with E-state index in [2.05, 4.69) is 38.2 Å². The normalized spacial score (nSPS) is 26.8. The first-order valence-electron chi connectivity index (χ1n) is 5.51. The van der Waals surface area contributed by atoms with Crippen LogP contribution in [0.5, 0.6) is 0 Å². The van der Waals surface area contributed by atoms with Gasteiger partial charge in [0.05, 0.1) is 12.7 Å². The van der Waals surface area contributed by atoms with Crippen LogP contribution >= 0.6 is 0 Å². The lowest BCUT2D eigenvalue weighted by Crippen LogP contribution is -2.48. The molecule has 0 aromatic carbocycles. The van der Waals surface area contributed by atoms with Crippen LogP contribution in [0.1, 0.15) is 26.7 Å². The van der Waals surface area contributed by atoms with E-state index >= 15 is 0 Å². The highest BCUT2D eigenvalue weighted by atomic mass is 16.5. The minimum Gasteiger partial charge on any atom is -0.377 e. The smallest absolute Gasteiger partial charge is 0.0605 e. The molecule has 0 amide bonds. The molecule has 84 valence electrons. The predicted molar refractivity (Wildman–Crippen MR) is 59.6 cm³/mol. The van der Waals surface area contributed by atoms with Crippen LogP contribution in [-0.2, 0) is 4.74 Å². The quantitative estimate of drug-likeness (QED) is 0.735. The monoisotopic (exact) mass is 200 g/mol. The summed E-state index contributed by atoms with van der Waals surface area (Å²) < 4.78 is 5.85. The van der Waals surface area contributed by atoms with Gasteiger partial charge in [-0.15, -0.1) is 0 Å². The molecule has 1 rings (SSSR count). The maximum absolute atomic E-state index is 5.85. The SMILES string of the molecule is CN(C)CCOC1CCNC(C)(C)C1. The van der Waals surface area contributed by atoms with Crippen molar-refractivity contribution in [3.05, 3.63) is 0 Å². The molecule has 3 nitrogen and oxygen atoms in total. The lowest BCUT2D eigenvalue weighted by atomic mass is 9.91. The second-order valence-electron chi connectivity index (χ2n) is 5.10. The maximum Gasteiger partial charge on any atom is 0.0605 e. The predicted octanol–water partition coefficient (Wildman–Crippen LogP) is 1.10. The number of nitrogens with one attached hydrogen (secondary N) is 1. The number of rotatable bonds is 4. The van der Waals surface area contributed by atoms with E-state index in [0.29, 0.717) is 6.10 Å². The molecule has 0 aromatic rings. The van der Waals surface area contributed by atoms with Crippen LogP contribution in [0.3, 0.4) is 0 Å². The summed E-state index contributed by atoms with van der Waals surface area (Å²) in [6.45, 7) is 7.45. The van der Waals surface area contributed by atoms with E-state index in [9.17, 15) is 0 Å². The Morgan fingerprint density at radius 1 is 1.43 bits per heavy atom. The van der Waals surface area contributed by atoms with Crippen LogP contribution in [-0.4, -0.2) is 50.3 Å². The van der Waals surface area contributed by atoms with Gasteiger partial charge in [0.2, 0.25) is 0 Å². The molecule has 0 aliphatic carbocycles. The molecule has 1 saturated heterocycles. The minimum absolute atomic E-state index is 0.251. The maximum atomic E-state index is 5.85. The van der Waals surface area contributed by atoms with Crippen LogP contribution < -0.4 is 5.32 Å². The summed E-state index contributed by atoms with van der Waals surface area (Å²) in [5, 5.41) is 3.50. The van der Waals surface area contributed by atoms with Crippen LogP contribution in [0.25, 0.3) is 0 Å². The van der Waals surface area contributed by atoms with Gasteiger partial charge in [-0.05, 0) is 47.3 Å². The topological polar surface area (TPSA) is 24.5 Å². The second-order valence-corrected chi connectivity index (χ2v) is 5.10. The number of likely N-dealkylation sites (N-methyl/N-ethyl adjacent to an activating group) is 1. The van der Waals surface area contributed by atoms with Crippen LogP contribution in [0.15, 0.2) is 0 Å². The molecule has 1 unspecified atom stereocenters. The number of piperidine rings is 1. The molecule has 1 N–H and O–H groups in total. The Kier molecular flexibility index (Phi) is 4.35. The summed E-state index contributed by atoms with van der Waals surface area (Å²) in [4.78, 5) is 2.16. The van der Waals surface area contributed by atoms with Crippen molar-refractivity contribution in [1.82, 2.24) is 10.2 Å². The van der Waals surface area contributed by atoms with Crippen molar-refractivity contribution in [1.29, 1.82) is 0 Å². The Morgan fingerprint density at radius 2 is 2.14 bits per heavy atom. The summed E-state index contributed by atoms with van der Waals surface area (Å²) in [5.41, 5.74) is 0.251. The van der Waals surface area contributed by atoms with Gasteiger partial charge >= 0.3 is 0 Å². The van der Waals surface area contributed by atoms with Gasteiger partial charge in [-0.2, -0.15) is 0 Å². The number of nitrogens with zero attached hydrogens (tertiary/aromatic N) is 1. The van der Waals surface area contributed by atoms with Gasteiger partial charge in [0, 0.05) is 12.1 Å². The first-order valence-corrected chi connectivity index (χ1v) is 5.51. The molecule has 1 aliphatic rings. The molecular formula is C11H24N2O. The Morgan fingerprint density at radius 3 is 2.71 bits per heavy atom. The van der Waals surface area contributed by atoms with Crippen molar-refractivity contribution in [2.45, 2.75) is 38.3 Å². The van der Waals surface area contributed by atoms with Gasteiger partial charge < -0.3 is 15.0 Å². The molecule has 0 radical (unpaired) electrons. The van der Waals surface area contributed by atoms with E-state index in [-0.39, 0.29) is 5.54 Å². The van der Waals surface area contributed by atoms with Gasteiger partial charge in [0.15, 0.2) is 0 Å². The van der Waals surface area contributed by atoms with Crippen molar-refractivity contribution < 1.29 is 4.74 Å². The molecule has 1 heterocycles. The van der Waals surface area contributed by atoms with Gasteiger partial charge in [-0.25, -0.2) is 0 Å². The third-order valence-corrected chi connectivity index (χ3v) is 2.70. The van der Waals surface area contributed by atoms with Crippen molar-refractivity contribution >= 4 is 0 Å². The molecule has 0 bridgehead atoms. The summed E-state index contributed by atoms with van der Waals surface area (Å²) in [5.74, 6) is 0. The Bertz CT molecular complexity index is 169. The van der Waals surface area contributed by atoms with Gasteiger partial charge in [-0.3, -0.25) is 0 Å². The average molecular weight is 200 g/mol. The van der Waals surface area contributed by atoms with Crippen molar-refractivity contribution in [2.75, 3.05) is 33.8 Å². The fourth-order valence-corrected chi connectivity index (χ4v) is 1.86. The molecule has 1 atom stereocenters. The van der Waals surface area contributed by atoms with Crippen LogP contribution in [0.4, 0.5) is 0 Å². The molecule has 0 spiro atoms. The molecule has 0 aromatic heterocycles. The summed E-state index contributed by atoms with van der Waals surface area (Å²) >= 11 is 0. The van der Waals surface area contributed by atoms with Gasteiger partial charge in [-0.1, -0.05) is 0 Å². The molecule has 1 aliphatic heterocycles. The third kappa shape index (κ3) is 4.40. The van der Waals surface area contributed by atoms with Crippen LogP contribution in [0.2, 0.25) is 0 Å².